The normalized spacial score (nSPS) is 11.7. The van der Waals surface area contributed by atoms with Crippen molar-refractivity contribution in [2.24, 2.45) is 0 Å². The van der Waals surface area contributed by atoms with Crippen LogP contribution in [-0.4, -0.2) is 13.0 Å². The summed E-state index contributed by atoms with van der Waals surface area (Å²) in [5.41, 5.74) is 1.04. The topological polar surface area (TPSA) is 54.4 Å². The van der Waals surface area contributed by atoms with Crippen LogP contribution in [0, 0.1) is 0 Å². The second-order valence-corrected chi connectivity index (χ2v) is 4.96. The Labute approximate surface area is 90.2 Å². The number of benzene rings is 1. The lowest BCUT2D eigenvalue weighted by atomic mass is 10.0. The van der Waals surface area contributed by atoms with Gasteiger partial charge in [-0.2, -0.15) is 8.42 Å². The van der Waals surface area contributed by atoms with E-state index in [1.165, 1.54) is 6.08 Å². The maximum atomic E-state index is 11.2. The highest BCUT2D eigenvalue weighted by atomic mass is 32.2. The van der Waals surface area contributed by atoms with E-state index >= 15 is 0 Å². The Morgan fingerprint density at radius 2 is 2.00 bits per heavy atom. The Kier molecular flexibility index (Phi) is 3.31. The van der Waals surface area contributed by atoms with E-state index in [1.54, 1.807) is 18.2 Å². The summed E-state index contributed by atoms with van der Waals surface area (Å²) in [5, 5.41) is 0. The SMILES string of the molecule is C=Cc1cccc(C(C)C)c1S(=O)(=O)O. The molecule has 3 nitrogen and oxygen atoms in total. The lowest BCUT2D eigenvalue weighted by Gasteiger charge is -2.12. The molecule has 0 spiro atoms. The molecule has 1 rings (SSSR count). The van der Waals surface area contributed by atoms with Gasteiger partial charge >= 0.3 is 0 Å². The Bertz CT molecular complexity index is 473. The van der Waals surface area contributed by atoms with E-state index in [-0.39, 0.29) is 10.8 Å². The molecule has 15 heavy (non-hydrogen) atoms. The van der Waals surface area contributed by atoms with Crippen molar-refractivity contribution in [1.82, 2.24) is 0 Å². The van der Waals surface area contributed by atoms with Crippen LogP contribution in [0.1, 0.15) is 30.9 Å². The molecule has 4 heteroatoms. The van der Waals surface area contributed by atoms with Gasteiger partial charge in [0.2, 0.25) is 0 Å². The van der Waals surface area contributed by atoms with Crippen LogP contribution in [0.2, 0.25) is 0 Å². The molecule has 1 aromatic rings. The van der Waals surface area contributed by atoms with E-state index in [0.717, 1.165) is 0 Å². The average Bonchev–Trinajstić information content (AvgIpc) is 2.15. The van der Waals surface area contributed by atoms with Gasteiger partial charge in [0.25, 0.3) is 10.1 Å². The molecule has 0 unspecified atom stereocenters. The molecule has 0 aliphatic carbocycles. The zero-order valence-electron chi connectivity index (χ0n) is 8.77. The molecule has 1 N–H and O–H groups in total. The predicted molar refractivity (Wildman–Crippen MR) is 60.4 cm³/mol. The van der Waals surface area contributed by atoms with E-state index in [1.807, 2.05) is 13.8 Å². The zero-order chi connectivity index (χ0) is 11.6. The summed E-state index contributed by atoms with van der Waals surface area (Å²) in [5.74, 6) is 0.0295. The first kappa shape index (κ1) is 11.9. The van der Waals surface area contributed by atoms with Gasteiger partial charge in [0.05, 0.1) is 0 Å². The summed E-state index contributed by atoms with van der Waals surface area (Å²) in [6.45, 7) is 7.27. The summed E-state index contributed by atoms with van der Waals surface area (Å²) in [6, 6.07) is 5.06. The summed E-state index contributed by atoms with van der Waals surface area (Å²) in [6.07, 6.45) is 1.43. The Morgan fingerprint density at radius 3 is 2.40 bits per heavy atom. The fraction of sp³-hybridized carbons (Fsp3) is 0.273. The van der Waals surface area contributed by atoms with Crippen molar-refractivity contribution in [3.05, 3.63) is 35.9 Å². The van der Waals surface area contributed by atoms with Gasteiger partial charge in [0.15, 0.2) is 0 Å². The lowest BCUT2D eigenvalue weighted by Crippen LogP contribution is -2.06. The molecule has 1 aromatic carbocycles. The minimum Gasteiger partial charge on any atom is -0.282 e. The third kappa shape index (κ3) is 2.46. The maximum Gasteiger partial charge on any atom is 0.295 e. The first-order valence-electron chi connectivity index (χ1n) is 4.60. The van der Waals surface area contributed by atoms with Crippen LogP contribution < -0.4 is 0 Å². The molecule has 0 amide bonds. The number of rotatable bonds is 3. The molecule has 0 heterocycles. The van der Waals surface area contributed by atoms with Gasteiger partial charge in [-0.3, -0.25) is 4.55 Å². The zero-order valence-corrected chi connectivity index (χ0v) is 9.58. The van der Waals surface area contributed by atoms with Crippen molar-refractivity contribution < 1.29 is 13.0 Å². The molecule has 0 aliphatic rings. The Hall–Kier alpha value is -1.13. The number of hydrogen-bond donors (Lipinski definition) is 1. The van der Waals surface area contributed by atoms with Crippen molar-refractivity contribution >= 4 is 16.2 Å². The first-order chi connectivity index (χ1) is 6.88. The summed E-state index contributed by atoms with van der Waals surface area (Å²) >= 11 is 0. The van der Waals surface area contributed by atoms with Gasteiger partial charge in [0, 0.05) is 0 Å². The van der Waals surface area contributed by atoms with Crippen LogP contribution in [-0.2, 0) is 10.1 Å². The van der Waals surface area contributed by atoms with Crippen molar-refractivity contribution in [2.45, 2.75) is 24.7 Å². The van der Waals surface area contributed by atoms with E-state index in [0.29, 0.717) is 11.1 Å². The molecule has 82 valence electrons. The fourth-order valence-corrected chi connectivity index (χ4v) is 2.54. The van der Waals surface area contributed by atoms with E-state index < -0.39 is 10.1 Å². The van der Waals surface area contributed by atoms with Gasteiger partial charge in [0.1, 0.15) is 4.90 Å². The molecule has 0 fully saturated rings. The minimum atomic E-state index is -4.19. The van der Waals surface area contributed by atoms with E-state index in [2.05, 4.69) is 6.58 Å². The van der Waals surface area contributed by atoms with Crippen molar-refractivity contribution in [3.63, 3.8) is 0 Å². The molecule has 0 aromatic heterocycles. The van der Waals surface area contributed by atoms with Gasteiger partial charge in [-0.05, 0) is 17.0 Å². The molecular formula is C11H14O3S. The standard InChI is InChI=1S/C11H14O3S/c1-4-9-6-5-7-10(8(2)3)11(9)15(12,13)14/h4-8H,1H2,2-3H3,(H,12,13,14). The third-order valence-corrected chi connectivity index (χ3v) is 3.16. The molecular weight excluding hydrogens is 212 g/mol. The molecule has 0 saturated carbocycles. The fourth-order valence-electron chi connectivity index (χ4n) is 1.49. The van der Waals surface area contributed by atoms with Crippen molar-refractivity contribution in [1.29, 1.82) is 0 Å². The third-order valence-electron chi connectivity index (χ3n) is 2.18. The smallest absolute Gasteiger partial charge is 0.282 e. The average molecular weight is 226 g/mol. The quantitative estimate of drug-likeness (QED) is 0.806. The first-order valence-corrected chi connectivity index (χ1v) is 6.04. The van der Waals surface area contributed by atoms with Gasteiger partial charge in [-0.1, -0.05) is 44.7 Å². The second-order valence-electron chi connectivity index (χ2n) is 3.60. The molecule has 0 saturated heterocycles. The largest absolute Gasteiger partial charge is 0.295 e. The summed E-state index contributed by atoms with van der Waals surface area (Å²) in [7, 11) is -4.19. The summed E-state index contributed by atoms with van der Waals surface area (Å²) in [4.78, 5) is -0.0324. The lowest BCUT2D eigenvalue weighted by molar-refractivity contribution is 0.481. The molecule has 0 atom stereocenters. The molecule has 0 aliphatic heterocycles. The highest BCUT2D eigenvalue weighted by Crippen LogP contribution is 2.27. The summed E-state index contributed by atoms with van der Waals surface area (Å²) < 4.78 is 31.6. The van der Waals surface area contributed by atoms with Crippen LogP contribution in [0.5, 0.6) is 0 Å². The highest BCUT2D eigenvalue weighted by Gasteiger charge is 2.20. The monoisotopic (exact) mass is 226 g/mol. The van der Waals surface area contributed by atoms with E-state index in [4.69, 9.17) is 4.55 Å². The Balaban J connectivity index is 3.62. The van der Waals surface area contributed by atoms with Gasteiger partial charge in [-0.15, -0.1) is 0 Å². The molecule has 0 bridgehead atoms. The Morgan fingerprint density at radius 1 is 1.40 bits per heavy atom. The minimum absolute atomic E-state index is 0.0295. The van der Waals surface area contributed by atoms with Crippen LogP contribution in [0.15, 0.2) is 29.7 Å². The maximum absolute atomic E-state index is 11.2. The van der Waals surface area contributed by atoms with Crippen LogP contribution in [0.4, 0.5) is 0 Å². The predicted octanol–water partition coefficient (Wildman–Crippen LogP) is 2.70. The number of hydrogen-bond acceptors (Lipinski definition) is 2. The second kappa shape index (κ2) is 4.16. The van der Waals surface area contributed by atoms with Gasteiger partial charge < -0.3 is 0 Å². The van der Waals surface area contributed by atoms with Crippen LogP contribution in [0.3, 0.4) is 0 Å². The van der Waals surface area contributed by atoms with Crippen molar-refractivity contribution in [3.8, 4) is 0 Å². The van der Waals surface area contributed by atoms with Crippen LogP contribution >= 0.6 is 0 Å². The van der Waals surface area contributed by atoms with Gasteiger partial charge in [-0.25, -0.2) is 0 Å². The molecule has 0 radical (unpaired) electrons. The van der Waals surface area contributed by atoms with E-state index in [9.17, 15) is 8.42 Å². The highest BCUT2D eigenvalue weighted by molar-refractivity contribution is 7.86. The van der Waals surface area contributed by atoms with Crippen molar-refractivity contribution in [2.75, 3.05) is 0 Å². The van der Waals surface area contributed by atoms with Crippen LogP contribution in [0.25, 0.3) is 6.08 Å².